The molecule has 0 aliphatic carbocycles. The molecule has 2 N–H and O–H groups in total. The van der Waals surface area contributed by atoms with Crippen molar-refractivity contribution in [2.45, 2.75) is 13.0 Å². The molecule has 0 saturated carbocycles. The molecule has 1 aromatic carbocycles. The van der Waals surface area contributed by atoms with Gasteiger partial charge in [0.25, 0.3) is 0 Å². The molecule has 0 unspecified atom stereocenters. The molecule has 0 saturated heterocycles. The minimum Gasteiger partial charge on any atom is -0.355 e. The third kappa shape index (κ3) is 5.60. The first-order valence-electron chi connectivity index (χ1n) is 7.19. The van der Waals surface area contributed by atoms with E-state index in [9.17, 15) is 0 Å². The first kappa shape index (κ1) is 19.0. The molecule has 2 rings (SSSR count). The van der Waals surface area contributed by atoms with Gasteiger partial charge < -0.3 is 15.2 Å². The number of aromatic amines is 1. The van der Waals surface area contributed by atoms with E-state index >= 15 is 0 Å². The molecule has 0 spiro atoms. The molecule has 5 nitrogen and oxygen atoms in total. The lowest BCUT2D eigenvalue weighted by molar-refractivity contribution is 0.465. The van der Waals surface area contributed by atoms with Gasteiger partial charge in [-0.25, -0.2) is 4.98 Å². The van der Waals surface area contributed by atoms with Crippen LogP contribution in [0.4, 0.5) is 0 Å². The van der Waals surface area contributed by atoms with Crippen molar-refractivity contribution < 1.29 is 0 Å². The van der Waals surface area contributed by atoms with Crippen molar-refractivity contribution in [3.05, 3.63) is 42.4 Å². The van der Waals surface area contributed by atoms with E-state index in [2.05, 4.69) is 38.3 Å². The number of hydrogen-bond donors (Lipinski definition) is 2. The van der Waals surface area contributed by atoms with Gasteiger partial charge >= 0.3 is 0 Å². The molecule has 0 radical (unpaired) electrons. The molecular weight excluding hydrogens is 401 g/mol. The molecule has 0 fully saturated rings. The van der Waals surface area contributed by atoms with Gasteiger partial charge in [0.15, 0.2) is 5.96 Å². The van der Waals surface area contributed by atoms with Gasteiger partial charge in [-0.05, 0) is 5.56 Å². The second-order valence-corrected chi connectivity index (χ2v) is 4.89. The molecule has 0 aliphatic heterocycles. The fraction of sp³-hybridized carbons (Fsp3) is 0.294. The van der Waals surface area contributed by atoms with Gasteiger partial charge in [0, 0.05) is 27.1 Å². The molecule has 0 amide bonds. The largest absolute Gasteiger partial charge is 0.355 e. The number of guanidine groups is 1. The summed E-state index contributed by atoms with van der Waals surface area (Å²) in [5, 5.41) is 3.22. The second kappa shape index (κ2) is 9.90. The van der Waals surface area contributed by atoms with Gasteiger partial charge in [0.2, 0.25) is 0 Å². The van der Waals surface area contributed by atoms with Crippen molar-refractivity contribution in [2.75, 3.05) is 20.6 Å². The summed E-state index contributed by atoms with van der Waals surface area (Å²) in [5.74, 6) is 4.29. The van der Waals surface area contributed by atoms with Crippen LogP contribution in [0.25, 0.3) is 11.3 Å². The number of H-pyrrole nitrogens is 1. The van der Waals surface area contributed by atoms with E-state index in [-0.39, 0.29) is 24.0 Å². The summed E-state index contributed by atoms with van der Waals surface area (Å²) in [5.41, 5.74) is 2.14. The summed E-state index contributed by atoms with van der Waals surface area (Å²) >= 11 is 0. The standard InChI is InChI=1S/C17H21N5.HI/c1-4-5-11-19-17(18-2)22(3)13-16-20-12-15(21-16)14-9-7-6-8-10-14;/h1,6-10,12H,5,11,13H2,2-3H3,(H,18,19)(H,20,21);1H. The van der Waals surface area contributed by atoms with Gasteiger partial charge in [-0.1, -0.05) is 30.3 Å². The molecule has 1 heterocycles. The highest BCUT2D eigenvalue weighted by atomic mass is 127. The van der Waals surface area contributed by atoms with E-state index in [1.165, 1.54) is 0 Å². The van der Waals surface area contributed by atoms with Crippen LogP contribution in [-0.2, 0) is 6.54 Å². The van der Waals surface area contributed by atoms with Crippen molar-refractivity contribution in [1.29, 1.82) is 0 Å². The van der Waals surface area contributed by atoms with E-state index in [4.69, 9.17) is 6.42 Å². The number of nitrogens with zero attached hydrogens (tertiary/aromatic N) is 3. The van der Waals surface area contributed by atoms with Crippen LogP contribution in [0.15, 0.2) is 41.5 Å². The minimum absolute atomic E-state index is 0. The Hall–Kier alpha value is -2.01. The van der Waals surface area contributed by atoms with Crippen molar-refractivity contribution >= 4 is 29.9 Å². The van der Waals surface area contributed by atoms with E-state index in [0.29, 0.717) is 19.5 Å². The summed E-state index contributed by atoms with van der Waals surface area (Å²) in [4.78, 5) is 14.0. The Bertz CT molecular complexity index is 657. The predicted molar refractivity (Wildman–Crippen MR) is 106 cm³/mol. The average Bonchev–Trinajstić information content (AvgIpc) is 3.01. The molecule has 1 aromatic heterocycles. The molecule has 6 heteroatoms. The Morgan fingerprint density at radius 2 is 2.13 bits per heavy atom. The SMILES string of the molecule is C#CCCNC(=NC)N(C)Cc1ncc(-c2ccccc2)[nH]1.I. The van der Waals surface area contributed by atoms with Crippen molar-refractivity contribution in [1.82, 2.24) is 20.2 Å². The Kier molecular flexibility index (Phi) is 8.19. The highest BCUT2D eigenvalue weighted by Gasteiger charge is 2.09. The number of nitrogens with one attached hydrogen (secondary N) is 2. The number of halogens is 1. The Balaban J connectivity index is 0.00000264. The number of aliphatic imine (C=N–C) groups is 1. The van der Waals surface area contributed by atoms with Crippen molar-refractivity contribution in [2.24, 2.45) is 4.99 Å². The van der Waals surface area contributed by atoms with Gasteiger partial charge in [0.1, 0.15) is 5.82 Å². The monoisotopic (exact) mass is 423 g/mol. The molecule has 122 valence electrons. The van der Waals surface area contributed by atoms with Crippen LogP contribution < -0.4 is 5.32 Å². The van der Waals surface area contributed by atoms with Gasteiger partial charge in [0.05, 0.1) is 18.4 Å². The topological polar surface area (TPSA) is 56.3 Å². The second-order valence-electron chi connectivity index (χ2n) is 4.89. The summed E-state index contributed by atoms with van der Waals surface area (Å²) in [6, 6.07) is 10.1. The summed E-state index contributed by atoms with van der Waals surface area (Å²) in [6.45, 7) is 1.35. The third-order valence-electron chi connectivity index (χ3n) is 3.23. The summed E-state index contributed by atoms with van der Waals surface area (Å²) in [6.07, 6.45) is 7.78. The van der Waals surface area contributed by atoms with Crippen molar-refractivity contribution in [3.63, 3.8) is 0 Å². The lowest BCUT2D eigenvalue weighted by Gasteiger charge is -2.20. The molecule has 0 bridgehead atoms. The molecule has 0 aliphatic rings. The zero-order valence-electron chi connectivity index (χ0n) is 13.4. The van der Waals surface area contributed by atoms with E-state index in [0.717, 1.165) is 23.0 Å². The van der Waals surface area contributed by atoms with Crippen LogP contribution in [-0.4, -0.2) is 41.5 Å². The zero-order chi connectivity index (χ0) is 15.8. The zero-order valence-corrected chi connectivity index (χ0v) is 15.7. The van der Waals surface area contributed by atoms with Crippen LogP contribution in [0, 0.1) is 12.3 Å². The maximum atomic E-state index is 5.26. The molecule has 0 atom stereocenters. The van der Waals surface area contributed by atoms with Gasteiger partial charge in [-0.2, -0.15) is 0 Å². The first-order valence-corrected chi connectivity index (χ1v) is 7.19. The van der Waals surface area contributed by atoms with Gasteiger partial charge in [-0.15, -0.1) is 36.3 Å². The quantitative estimate of drug-likeness (QED) is 0.256. The first-order chi connectivity index (χ1) is 10.7. The third-order valence-corrected chi connectivity index (χ3v) is 3.23. The molecular formula is C17H22IN5. The van der Waals surface area contributed by atoms with E-state index < -0.39 is 0 Å². The minimum atomic E-state index is 0. The highest BCUT2D eigenvalue weighted by molar-refractivity contribution is 14.0. The van der Waals surface area contributed by atoms with Crippen LogP contribution in [0.5, 0.6) is 0 Å². The maximum absolute atomic E-state index is 5.26. The average molecular weight is 423 g/mol. The number of aromatic nitrogens is 2. The smallest absolute Gasteiger partial charge is 0.193 e. The maximum Gasteiger partial charge on any atom is 0.193 e. The Labute approximate surface area is 154 Å². The van der Waals surface area contributed by atoms with Crippen LogP contribution in [0.2, 0.25) is 0 Å². The highest BCUT2D eigenvalue weighted by Crippen LogP contribution is 2.16. The Morgan fingerprint density at radius 3 is 2.78 bits per heavy atom. The van der Waals surface area contributed by atoms with Gasteiger partial charge in [-0.3, -0.25) is 4.99 Å². The summed E-state index contributed by atoms with van der Waals surface area (Å²) in [7, 11) is 3.72. The number of benzene rings is 1. The van der Waals surface area contributed by atoms with E-state index in [1.807, 2.05) is 36.3 Å². The van der Waals surface area contributed by atoms with E-state index in [1.54, 1.807) is 7.05 Å². The number of hydrogen-bond acceptors (Lipinski definition) is 2. The predicted octanol–water partition coefficient (Wildman–Crippen LogP) is 2.73. The lowest BCUT2D eigenvalue weighted by atomic mass is 10.2. The number of imidazole rings is 1. The fourth-order valence-electron chi connectivity index (χ4n) is 2.14. The molecule has 2 aromatic rings. The number of rotatable bonds is 5. The van der Waals surface area contributed by atoms with Crippen LogP contribution in [0.3, 0.4) is 0 Å². The van der Waals surface area contributed by atoms with Crippen molar-refractivity contribution in [3.8, 4) is 23.6 Å². The normalized spacial score (nSPS) is 10.6. The fourth-order valence-corrected chi connectivity index (χ4v) is 2.14. The summed E-state index contributed by atoms with van der Waals surface area (Å²) < 4.78 is 0. The molecule has 23 heavy (non-hydrogen) atoms. The lowest BCUT2D eigenvalue weighted by Crippen LogP contribution is -2.39. The van der Waals surface area contributed by atoms with Crippen LogP contribution in [0.1, 0.15) is 12.2 Å². The van der Waals surface area contributed by atoms with Crippen LogP contribution >= 0.6 is 24.0 Å². The number of terminal acetylenes is 1. The Morgan fingerprint density at radius 1 is 1.39 bits per heavy atom.